The van der Waals surface area contributed by atoms with Gasteiger partial charge in [0.1, 0.15) is 115 Å². The fraction of sp³-hybridized carbons (Fsp3) is 0.431. The molecule has 482 valence electrons. The molecule has 5 aromatic rings. The van der Waals surface area contributed by atoms with Crippen LogP contribution >= 0.6 is 0 Å². The van der Waals surface area contributed by atoms with Gasteiger partial charge in [0, 0.05) is 36.4 Å². The van der Waals surface area contributed by atoms with Crippen LogP contribution in [0, 0.1) is 0 Å². The predicted octanol–water partition coefficient (Wildman–Crippen LogP) is -2.17. The molecule has 0 aliphatic carbocycles. The summed E-state index contributed by atoms with van der Waals surface area (Å²) < 4.78 is 68.2. The summed E-state index contributed by atoms with van der Waals surface area (Å²) in [6, 6.07) is 15.1. The molecule has 0 spiro atoms. The SMILES string of the molecule is COc1cc(-c2[o+]c3cc(O)cc(O[C@@H]4O[C@H](CO)[C@H](O)[C@H](O)[C@H]4O)c3cc2O[C@@H]2O[C@H](CO[C@@H]3O[C@H](C)[C@H](OC(=O)/C=C/c4ccc(O[C@@H]5O[C@H](COC(=O)C=Cc6ccc(O)c(O)c6)[C@H](O)[C@H](O)[C@H]5O)cc4)[C@@H](O)[C@@H]3O)[C@H](O)[C@@H](O)[C@@H]2O)cc(O)c1O. The van der Waals surface area contributed by atoms with Crippen LogP contribution in [0.3, 0.4) is 0 Å². The summed E-state index contributed by atoms with van der Waals surface area (Å²) >= 11 is 0. The molecule has 4 aliphatic rings. The number of fused-ring (bicyclic) bond motifs is 1. The van der Waals surface area contributed by atoms with Crippen LogP contribution in [0.4, 0.5) is 0 Å². The lowest BCUT2D eigenvalue weighted by atomic mass is 9.98. The molecule has 9 rings (SSSR count). The van der Waals surface area contributed by atoms with E-state index in [1.54, 1.807) is 0 Å². The van der Waals surface area contributed by atoms with E-state index in [2.05, 4.69) is 0 Å². The predicted molar refractivity (Wildman–Crippen MR) is 294 cm³/mol. The highest BCUT2D eigenvalue weighted by atomic mass is 16.7. The molecule has 0 amide bonds. The number of phenolic OH excluding ortho intramolecular Hbond substituents is 5. The van der Waals surface area contributed by atoms with Gasteiger partial charge in [0.15, 0.2) is 35.4 Å². The zero-order valence-electron chi connectivity index (χ0n) is 46.7. The van der Waals surface area contributed by atoms with Crippen LogP contribution in [0.1, 0.15) is 18.1 Å². The van der Waals surface area contributed by atoms with Gasteiger partial charge in [-0.3, -0.25) is 0 Å². The average Bonchev–Trinajstić information content (AvgIpc) is 0.919. The first-order chi connectivity index (χ1) is 42.3. The van der Waals surface area contributed by atoms with E-state index in [9.17, 15) is 96.4 Å². The Bertz CT molecular complexity index is 3340. The van der Waals surface area contributed by atoms with Crippen LogP contribution in [0.25, 0.3) is 34.4 Å². The summed E-state index contributed by atoms with van der Waals surface area (Å²) in [6.07, 6.45) is -30.0. The lowest BCUT2D eigenvalue weighted by molar-refractivity contribution is -0.319. The summed E-state index contributed by atoms with van der Waals surface area (Å²) in [6.45, 7) is -0.745. The monoisotopic (exact) mass is 1260 g/mol. The topological polar surface area (TPSA) is 491 Å². The van der Waals surface area contributed by atoms with E-state index in [4.69, 9.17) is 56.5 Å². The normalized spacial score (nSPS) is 32.4. The zero-order chi connectivity index (χ0) is 64.3. The molecule has 31 heteroatoms. The Hall–Kier alpha value is -7.77. The highest BCUT2D eigenvalue weighted by Gasteiger charge is 2.51. The van der Waals surface area contributed by atoms with Gasteiger partial charge in [-0.2, -0.15) is 0 Å². The summed E-state index contributed by atoms with van der Waals surface area (Å²) in [5, 5.41) is 180. The van der Waals surface area contributed by atoms with Crippen molar-refractivity contribution in [3.8, 4) is 63.1 Å². The highest BCUT2D eigenvalue weighted by molar-refractivity contribution is 5.90. The van der Waals surface area contributed by atoms with Crippen LogP contribution in [0.5, 0.6) is 51.7 Å². The van der Waals surface area contributed by atoms with Crippen LogP contribution in [-0.2, 0) is 42.7 Å². The lowest BCUT2D eigenvalue weighted by Crippen LogP contribution is -2.62. The van der Waals surface area contributed by atoms with E-state index < -0.39 is 183 Å². The first-order valence-corrected chi connectivity index (χ1v) is 27.3. The Kier molecular flexibility index (Phi) is 20.6. The number of phenols is 5. The third-order valence-corrected chi connectivity index (χ3v) is 14.8. The number of methoxy groups -OCH3 is 1. The van der Waals surface area contributed by atoms with Crippen molar-refractivity contribution in [2.75, 3.05) is 26.9 Å². The van der Waals surface area contributed by atoms with Crippen molar-refractivity contribution in [1.29, 1.82) is 0 Å². The van der Waals surface area contributed by atoms with Gasteiger partial charge in [0.2, 0.25) is 30.4 Å². The molecule has 4 aliphatic heterocycles. The van der Waals surface area contributed by atoms with E-state index in [1.165, 1.54) is 80.8 Å². The molecule has 5 heterocycles. The number of aliphatic hydroxyl groups is 12. The van der Waals surface area contributed by atoms with Crippen LogP contribution < -0.4 is 18.9 Å². The zero-order valence-corrected chi connectivity index (χ0v) is 46.7. The number of hydrogen-bond donors (Lipinski definition) is 17. The molecule has 31 nitrogen and oxygen atoms in total. The molecule has 0 unspecified atom stereocenters. The molecule has 4 fully saturated rings. The second kappa shape index (κ2) is 28.0. The summed E-state index contributed by atoms with van der Waals surface area (Å²) in [7, 11) is 1.18. The van der Waals surface area contributed by atoms with Gasteiger partial charge in [-0.05, 0) is 54.5 Å². The fourth-order valence-corrected chi connectivity index (χ4v) is 9.80. The maximum atomic E-state index is 13.1. The van der Waals surface area contributed by atoms with Gasteiger partial charge >= 0.3 is 23.3 Å². The average molecular weight is 1260 g/mol. The van der Waals surface area contributed by atoms with Crippen molar-refractivity contribution in [3.05, 3.63) is 96.1 Å². The van der Waals surface area contributed by atoms with Crippen molar-refractivity contribution >= 4 is 35.1 Å². The molecule has 20 atom stereocenters. The van der Waals surface area contributed by atoms with Gasteiger partial charge in [0.25, 0.3) is 0 Å². The largest absolute Gasteiger partial charge is 0.507 e. The lowest BCUT2D eigenvalue weighted by Gasteiger charge is -2.42. The third kappa shape index (κ3) is 14.6. The van der Waals surface area contributed by atoms with Crippen LogP contribution in [0.15, 0.2) is 89.4 Å². The second-order valence-electron chi connectivity index (χ2n) is 21.0. The minimum atomic E-state index is -2.06. The molecular weight excluding hydrogens is 1190 g/mol. The molecule has 0 saturated carbocycles. The van der Waals surface area contributed by atoms with Gasteiger partial charge in [-0.1, -0.05) is 18.2 Å². The summed E-state index contributed by atoms with van der Waals surface area (Å²) in [5.74, 6) is -5.77. The Morgan fingerprint density at radius 1 is 0.528 bits per heavy atom. The molecule has 4 aromatic carbocycles. The highest BCUT2D eigenvalue weighted by Crippen LogP contribution is 2.46. The maximum absolute atomic E-state index is 13.1. The number of carbonyl (C=O) groups excluding carboxylic acids is 2. The quantitative estimate of drug-likeness (QED) is 0.0181. The molecule has 89 heavy (non-hydrogen) atoms. The maximum Gasteiger partial charge on any atom is 0.402 e. The number of esters is 2. The summed E-state index contributed by atoms with van der Waals surface area (Å²) in [5.41, 5.74) is 0.481. The Balaban J connectivity index is 0.818. The van der Waals surface area contributed by atoms with E-state index in [-0.39, 0.29) is 45.3 Å². The number of rotatable bonds is 19. The van der Waals surface area contributed by atoms with Crippen LogP contribution in [-0.4, -0.2) is 249 Å². The molecule has 17 N–H and O–H groups in total. The van der Waals surface area contributed by atoms with E-state index in [0.717, 1.165) is 30.4 Å². The standard InChI is InChI=1S/C58H64O31/c1-22-53(89-40(65)12-6-23-3-8-27(9-4-23)82-56-49(74)46(71)43(68)37(87-56)20-79-39(64)11-7-24-5-10-29(61)30(62)13-24)48(73)52(77)55(81-22)80-21-38-44(69)47(72)51(76)58(88-38)85-35-18-28-32(83-54(35)25-14-31(63)41(66)34(15-25)78-2)16-26(60)17-33(28)84-57-50(75)45(70)42(67)36(19-59)86-57/h3-18,22,36-38,42-53,55-59,67-77H,19-21H2,1-2H3,(H4-,60,61,62,63,64,66)/p+1/b12-6+/t22-,36-,37-,38-,42+,43+,44+,45+,46+,47-,48+,49-,50-,51+,52+,53+,55-,56-,57-,58-/m1/s1. The number of aliphatic hydroxyl groups excluding tert-OH is 12. The van der Waals surface area contributed by atoms with Gasteiger partial charge < -0.3 is 139 Å². The number of hydrogen-bond acceptors (Lipinski definition) is 30. The van der Waals surface area contributed by atoms with Gasteiger partial charge in [-0.25, -0.2) is 14.0 Å². The molecule has 1 aromatic heterocycles. The number of benzene rings is 4. The fourth-order valence-electron chi connectivity index (χ4n) is 9.80. The minimum absolute atomic E-state index is 0.0757. The molecule has 0 radical (unpaired) electrons. The van der Waals surface area contributed by atoms with E-state index in [1.807, 2.05) is 0 Å². The van der Waals surface area contributed by atoms with Gasteiger partial charge in [-0.15, -0.1) is 0 Å². The van der Waals surface area contributed by atoms with Crippen molar-refractivity contribution < 1.29 is 153 Å². The number of aromatic hydroxyl groups is 5. The van der Waals surface area contributed by atoms with Crippen LogP contribution in [0.2, 0.25) is 0 Å². The first kappa shape index (κ1) is 65.7. The van der Waals surface area contributed by atoms with E-state index >= 15 is 0 Å². The van der Waals surface area contributed by atoms with E-state index in [0.29, 0.717) is 11.1 Å². The Morgan fingerprint density at radius 3 is 1.72 bits per heavy atom. The molecule has 0 bridgehead atoms. The number of ether oxygens (including phenoxy) is 11. The van der Waals surface area contributed by atoms with Gasteiger partial charge in [0.05, 0.1) is 38.1 Å². The third-order valence-electron chi connectivity index (χ3n) is 14.8. The van der Waals surface area contributed by atoms with Crippen molar-refractivity contribution in [2.45, 2.75) is 130 Å². The Morgan fingerprint density at radius 2 is 1.09 bits per heavy atom. The van der Waals surface area contributed by atoms with Crippen molar-refractivity contribution in [3.63, 3.8) is 0 Å². The molecule has 4 saturated heterocycles. The minimum Gasteiger partial charge on any atom is -0.507 e. The first-order valence-electron chi connectivity index (χ1n) is 27.3. The molecular formula is C58H65O31+. The Labute approximate surface area is 502 Å². The number of carbonyl (C=O) groups is 2. The second-order valence-corrected chi connectivity index (χ2v) is 21.0. The smallest absolute Gasteiger partial charge is 0.402 e. The van der Waals surface area contributed by atoms with Crippen molar-refractivity contribution in [1.82, 2.24) is 0 Å². The van der Waals surface area contributed by atoms with Crippen molar-refractivity contribution in [2.24, 2.45) is 0 Å². The summed E-state index contributed by atoms with van der Waals surface area (Å²) in [4.78, 5) is 25.4.